The van der Waals surface area contributed by atoms with Crippen molar-refractivity contribution in [2.45, 2.75) is 39.1 Å². The fraction of sp³-hybridized carbons (Fsp3) is 0.438. The molecule has 1 aliphatic rings. The highest BCUT2D eigenvalue weighted by Gasteiger charge is 2.40. The van der Waals surface area contributed by atoms with Crippen molar-refractivity contribution in [3.8, 4) is 0 Å². The Kier molecular flexibility index (Phi) is 5.28. The third-order valence-electron chi connectivity index (χ3n) is 2.96. The van der Waals surface area contributed by atoms with Crippen LogP contribution in [0.15, 0.2) is 30.3 Å². The molecule has 3 amide bonds. The topological polar surface area (TPSA) is 94.2 Å². The number of carbonyl (C=O) groups is 3. The maximum Gasteiger partial charge on any atom is 0.421 e. The summed E-state index contributed by atoms with van der Waals surface area (Å²) in [5.74, 6) is 0. The quantitative estimate of drug-likeness (QED) is 0.853. The van der Waals surface area contributed by atoms with E-state index in [2.05, 4.69) is 5.32 Å². The Morgan fingerprint density at radius 2 is 1.96 bits per heavy atom. The van der Waals surface area contributed by atoms with Crippen LogP contribution in [0.5, 0.6) is 0 Å². The van der Waals surface area contributed by atoms with Crippen molar-refractivity contribution in [1.82, 2.24) is 10.2 Å². The van der Waals surface area contributed by atoms with Crippen molar-refractivity contribution in [2.24, 2.45) is 0 Å². The van der Waals surface area contributed by atoms with Crippen LogP contribution >= 0.6 is 0 Å². The first-order chi connectivity index (χ1) is 11.3. The van der Waals surface area contributed by atoms with Crippen molar-refractivity contribution in [1.29, 1.82) is 0 Å². The molecule has 0 radical (unpaired) electrons. The molecule has 0 bridgehead atoms. The van der Waals surface area contributed by atoms with Gasteiger partial charge in [0.2, 0.25) is 0 Å². The summed E-state index contributed by atoms with van der Waals surface area (Å²) in [5, 5.41) is 2.41. The van der Waals surface area contributed by atoms with Crippen molar-refractivity contribution in [3.05, 3.63) is 35.9 Å². The maximum absolute atomic E-state index is 12.1. The summed E-state index contributed by atoms with van der Waals surface area (Å²) in [4.78, 5) is 36.3. The van der Waals surface area contributed by atoms with Gasteiger partial charge in [0.15, 0.2) is 6.17 Å². The minimum Gasteiger partial charge on any atom is -0.445 e. The number of alkyl carbamates (subject to hydrolysis) is 1. The molecule has 130 valence electrons. The SMILES string of the molecule is CC(C)(C)OC(=O)N[C@@H]1COC(=O)N1C(=O)OCc1ccccc1. The van der Waals surface area contributed by atoms with Gasteiger partial charge in [-0.1, -0.05) is 30.3 Å². The normalized spacial score (nSPS) is 17.2. The highest BCUT2D eigenvalue weighted by Crippen LogP contribution is 2.14. The van der Waals surface area contributed by atoms with Crippen molar-refractivity contribution in [2.75, 3.05) is 6.61 Å². The van der Waals surface area contributed by atoms with Gasteiger partial charge >= 0.3 is 18.3 Å². The van der Waals surface area contributed by atoms with Gasteiger partial charge in [-0.3, -0.25) is 5.32 Å². The molecule has 24 heavy (non-hydrogen) atoms. The predicted molar refractivity (Wildman–Crippen MR) is 83.0 cm³/mol. The summed E-state index contributed by atoms with van der Waals surface area (Å²) in [6.45, 7) is 4.94. The number of hydrogen-bond donors (Lipinski definition) is 1. The Morgan fingerprint density at radius 3 is 2.58 bits per heavy atom. The molecule has 8 heteroatoms. The summed E-state index contributed by atoms with van der Waals surface area (Å²) in [6.07, 6.45) is -3.51. The minimum atomic E-state index is -0.976. The smallest absolute Gasteiger partial charge is 0.421 e. The molecule has 8 nitrogen and oxygen atoms in total. The van der Waals surface area contributed by atoms with E-state index in [-0.39, 0.29) is 13.2 Å². The molecule has 1 aliphatic heterocycles. The Balaban J connectivity index is 1.94. The number of hydrogen-bond acceptors (Lipinski definition) is 6. The summed E-state index contributed by atoms with van der Waals surface area (Å²) in [6, 6.07) is 9.02. The minimum absolute atomic E-state index is 0.00259. The number of ether oxygens (including phenoxy) is 3. The van der Waals surface area contributed by atoms with Crippen LogP contribution in [0.1, 0.15) is 26.3 Å². The first kappa shape index (κ1) is 17.6. The molecule has 0 unspecified atom stereocenters. The number of nitrogens with one attached hydrogen (secondary N) is 1. The molecule has 0 aliphatic carbocycles. The molecular weight excluding hydrogens is 316 g/mol. The molecule has 1 atom stereocenters. The zero-order valence-corrected chi connectivity index (χ0v) is 13.8. The molecule has 1 N–H and O–H groups in total. The second kappa shape index (κ2) is 7.20. The molecule has 0 spiro atoms. The van der Waals surface area contributed by atoms with Crippen LogP contribution in [-0.2, 0) is 20.8 Å². The summed E-state index contributed by atoms with van der Waals surface area (Å²) in [7, 11) is 0. The standard InChI is InChI=1S/C16H20N2O6/c1-16(2,3)24-13(19)17-12-10-23-15(21)18(12)14(20)22-9-11-7-5-4-6-8-11/h4-8,12H,9-10H2,1-3H3,(H,17,19)/t12-/m0/s1. The number of benzene rings is 1. The lowest BCUT2D eigenvalue weighted by Gasteiger charge is -2.23. The zero-order valence-electron chi connectivity index (χ0n) is 13.8. The van der Waals surface area contributed by atoms with E-state index in [1.54, 1.807) is 45.0 Å². The number of cyclic esters (lactones) is 1. The van der Waals surface area contributed by atoms with Gasteiger partial charge in [-0.25, -0.2) is 14.4 Å². The Bertz CT molecular complexity index is 611. The van der Waals surface area contributed by atoms with E-state index in [4.69, 9.17) is 14.2 Å². The van der Waals surface area contributed by atoms with E-state index in [0.717, 1.165) is 5.56 Å². The third-order valence-corrected chi connectivity index (χ3v) is 2.96. The fourth-order valence-corrected chi connectivity index (χ4v) is 1.96. The molecule has 2 rings (SSSR count). The second-order valence-corrected chi connectivity index (χ2v) is 6.15. The summed E-state index contributed by atoms with van der Waals surface area (Å²) >= 11 is 0. The molecule has 1 aromatic rings. The molecule has 1 heterocycles. The van der Waals surface area contributed by atoms with Gasteiger partial charge in [0.25, 0.3) is 0 Å². The number of nitrogens with zero attached hydrogens (tertiary/aromatic N) is 1. The molecule has 1 fully saturated rings. The monoisotopic (exact) mass is 336 g/mol. The van der Waals surface area contributed by atoms with Gasteiger partial charge in [0.05, 0.1) is 0 Å². The highest BCUT2D eigenvalue weighted by atomic mass is 16.6. The largest absolute Gasteiger partial charge is 0.445 e. The number of imide groups is 1. The predicted octanol–water partition coefficient (Wildman–Crippen LogP) is 2.63. The van der Waals surface area contributed by atoms with Crippen LogP contribution in [0.2, 0.25) is 0 Å². The van der Waals surface area contributed by atoms with Crippen LogP contribution in [0, 0.1) is 0 Å². The molecular formula is C16H20N2O6. The fourth-order valence-electron chi connectivity index (χ4n) is 1.96. The van der Waals surface area contributed by atoms with Crippen LogP contribution in [0.25, 0.3) is 0 Å². The number of carbonyl (C=O) groups excluding carboxylic acids is 3. The van der Waals surface area contributed by atoms with E-state index in [1.807, 2.05) is 6.07 Å². The van der Waals surface area contributed by atoms with Crippen LogP contribution in [-0.4, -0.2) is 41.6 Å². The van der Waals surface area contributed by atoms with E-state index in [0.29, 0.717) is 4.90 Å². The number of amides is 3. The average molecular weight is 336 g/mol. The van der Waals surface area contributed by atoms with Crippen LogP contribution < -0.4 is 5.32 Å². The zero-order chi connectivity index (χ0) is 17.7. The van der Waals surface area contributed by atoms with E-state index in [9.17, 15) is 14.4 Å². The second-order valence-electron chi connectivity index (χ2n) is 6.15. The van der Waals surface area contributed by atoms with Gasteiger partial charge in [-0.05, 0) is 26.3 Å². The van der Waals surface area contributed by atoms with E-state index in [1.165, 1.54) is 0 Å². The lowest BCUT2D eigenvalue weighted by Crippen LogP contribution is -2.50. The van der Waals surface area contributed by atoms with E-state index < -0.39 is 30.0 Å². The van der Waals surface area contributed by atoms with Crippen LogP contribution in [0.3, 0.4) is 0 Å². The van der Waals surface area contributed by atoms with Crippen LogP contribution in [0.4, 0.5) is 14.4 Å². The van der Waals surface area contributed by atoms with E-state index >= 15 is 0 Å². The lowest BCUT2D eigenvalue weighted by molar-refractivity contribution is 0.0451. The van der Waals surface area contributed by atoms with Gasteiger partial charge in [-0.15, -0.1) is 0 Å². The Morgan fingerprint density at radius 1 is 1.29 bits per heavy atom. The first-order valence-corrected chi connectivity index (χ1v) is 7.42. The van der Waals surface area contributed by atoms with Gasteiger partial charge in [0, 0.05) is 0 Å². The highest BCUT2D eigenvalue weighted by molar-refractivity contribution is 5.90. The van der Waals surface area contributed by atoms with Gasteiger partial charge < -0.3 is 14.2 Å². The van der Waals surface area contributed by atoms with Crippen molar-refractivity contribution in [3.63, 3.8) is 0 Å². The average Bonchev–Trinajstić information content (AvgIpc) is 2.84. The third kappa shape index (κ3) is 4.87. The summed E-state index contributed by atoms with van der Waals surface area (Å²) in [5.41, 5.74) is 0.0710. The maximum atomic E-state index is 12.1. The van der Waals surface area contributed by atoms with Gasteiger partial charge in [0.1, 0.15) is 18.8 Å². The number of rotatable bonds is 3. The Hall–Kier alpha value is -2.77. The molecule has 0 saturated carbocycles. The molecule has 1 aromatic carbocycles. The van der Waals surface area contributed by atoms with Crippen molar-refractivity contribution >= 4 is 18.3 Å². The van der Waals surface area contributed by atoms with Gasteiger partial charge in [-0.2, -0.15) is 4.90 Å². The molecule has 0 aromatic heterocycles. The first-order valence-electron chi connectivity index (χ1n) is 7.42. The Labute approximate surface area is 139 Å². The van der Waals surface area contributed by atoms with Crippen molar-refractivity contribution < 1.29 is 28.6 Å². The molecule has 1 saturated heterocycles. The lowest BCUT2D eigenvalue weighted by atomic mass is 10.2. The summed E-state index contributed by atoms with van der Waals surface area (Å²) < 4.78 is 15.0.